The maximum atomic E-state index is 13.3. The molecule has 42 heavy (non-hydrogen) atoms. The molecule has 0 spiro atoms. The third-order valence-electron chi connectivity index (χ3n) is 7.04. The van der Waals surface area contributed by atoms with E-state index in [4.69, 9.17) is 0 Å². The molecule has 4 nitrogen and oxygen atoms in total. The van der Waals surface area contributed by atoms with Crippen LogP contribution in [0.3, 0.4) is 0 Å². The molecule has 202 valence electrons. The van der Waals surface area contributed by atoms with Crippen LogP contribution in [0.2, 0.25) is 0 Å². The first-order valence-electron chi connectivity index (χ1n) is 13.8. The van der Waals surface area contributed by atoms with Crippen molar-refractivity contribution >= 4 is 45.7 Å². The molecule has 0 N–H and O–H groups in total. The second kappa shape index (κ2) is 12.2. The fourth-order valence-corrected chi connectivity index (χ4v) is 4.99. The zero-order valence-corrected chi connectivity index (χ0v) is 22.9. The van der Waals surface area contributed by atoms with E-state index in [9.17, 15) is 9.59 Å². The number of carbonyl (C=O) groups excluding carboxylic acids is 2. The molecule has 0 bridgehead atoms. The standard InChI is InChI=1S/C38H28N2O2/c41-37(29-21-25-35(26-22-29)39(31-13-5-1-6-14-31)32-15-7-2-8-16-32)38(42)30-23-27-36(28-24-30)40(33-17-9-3-10-18-33)34-19-11-4-12-20-34/h1-28H. The molecule has 6 aromatic rings. The van der Waals surface area contributed by atoms with Crippen LogP contribution in [0, 0.1) is 0 Å². The van der Waals surface area contributed by atoms with Gasteiger partial charge in [0.2, 0.25) is 11.6 Å². The first-order chi connectivity index (χ1) is 20.7. The van der Waals surface area contributed by atoms with Crippen LogP contribution >= 0.6 is 0 Å². The normalized spacial score (nSPS) is 10.6. The minimum Gasteiger partial charge on any atom is -0.311 e. The Hall–Kier alpha value is -5.74. The number of nitrogens with zero attached hydrogens (tertiary/aromatic N) is 2. The van der Waals surface area contributed by atoms with Crippen molar-refractivity contribution in [1.29, 1.82) is 0 Å². The maximum Gasteiger partial charge on any atom is 0.233 e. The molecule has 0 amide bonds. The van der Waals surface area contributed by atoms with Gasteiger partial charge in [0.05, 0.1) is 0 Å². The van der Waals surface area contributed by atoms with Gasteiger partial charge in [-0.1, -0.05) is 72.8 Å². The molecule has 0 atom stereocenters. The highest BCUT2D eigenvalue weighted by molar-refractivity contribution is 6.49. The summed E-state index contributed by atoms with van der Waals surface area (Å²) >= 11 is 0. The van der Waals surface area contributed by atoms with Crippen molar-refractivity contribution in [1.82, 2.24) is 0 Å². The Morgan fingerprint density at radius 1 is 0.286 bits per heavy atom. The highest BCUT2D eigenvalue weighted by Gasteiger charge is 2.20. The van der Waals surface area contributed by atoms with E-state index in [1.54, 1.807) is 24.3 Å². The van der Waals surface area contributed by atoms with Crippen LogP contribution in [0.1, 0.15) is 20.7 Å². The fourth-order valence-electron chi connectivity index (χ4n) is 4.99. The van der Waals surface area contributed by atoms with Crippen LogP contribution < -0.4 is 9.80 Å². The van der Waals surface area contributed by atoms with Crippen LogP contribution in [-0.2, 0) is 0 Å². The van der Waals surface area contributed by atoms with Crippen LogP contribution in [0.5, 0.6) is 0 Å². The Morgan fingerprint density at radius 3 is 0.738 bits per heavy atom. The van der Waals surface area contributed by atoms with Crippen LogP contribution in [-0.4, -0.2) is 11.6 Å². The molecular weight excluding hydrogens is 516 g/mol. The van der Waals surface area contributed by atoms with Gasteiger partial charge in [0.1, 0.15) is 0 Å². The quantitative estimate of drug-likeness (QED) is 0.134. The van der Waals surface area contributed by atoms with E-state index >= 15 is 0 Å². The second-order valence-corrected chi connectivity index (χ2v) is 9.77. The summed E-state index contributed by atoms with van der Waals surface area (Å²) in [5, 5.41) is 0. The monoisotopic (exact) mass is 544 g/mol. The van der Waals surface area contributed by atoms with Crippen molar-refractivity contribution in [2.75, 3.05) is 9.80 Å². The molecule has 0 saturated heterocycles. The molecule has 0 saturated carbocycles. The number of hydrogen-bond acceptors (Lipinski definition) is 4. The molecule has 0 unspecified atom stereocenters. The summed E-state index contributed by atoms with van der Waals surface area (Å²) in [6.45, 7) is 0. The number of Topliss-reactive ketones (excluding diaryl/α,β-unsaturated/α-hetero) is 2. The Morgan fingerprint density at radius 2 is 0.500 bits per heavy atom. The van der Waals surface area contributed by atoms with Gasteiger partial charge < -0.3 is 9.80 Å². The Kier molecular flexibility index (Phi) is 7.69. The van der Waals surface area contributed by atoms with Gasteiger partial charge in [-0.3, -0.25) is 9.59 Å². The van der Waals surface area contributed by atoms with Gasteiger partial charge in [0.15, 0.2) is 0 Å². The Labute approximate surface area is 245 Å². The van der Waals surface area contributed by atoms with Crippen molar-refractivity contribution < 1.29 is 9.59 Å². The zero-order valence-electron chi connectivity index (χ0n) is 22.9. The number of ketones is 2. The summed E-state index contributed by atoms with van der Waals surface area (Å²) in [5.41, 5.74) is 6.48. The molecule has 0 radical (unpaired) electrons. The smallest absolute Gasteiger partial charge is 0.233 e. The molecule has 0 fully saturated rings. The Bertz CT molecular complexity index is 1550. The third-order valence-corrected chi connectivity index (χ3v) is 7.04. The van der Waals surface area contributed by atoms with Gasteiger partial charge in [0.25, 0.3) is 0 Å². The predicted molar refractivity (Wildman–Crippen MR) is 171 cm³/mol. The van der Waals surface area contributed by atoms with Gasteiger partial charge in [-0.05, 0) is 97.1 Å². The molecule has 6 rings (SSSR count). The average Bonchev–Trinajstić information content (AvgIpc) is 3.07. The third kappa shape index (κ3) is 5.60. The largest absolute Gasteiger partial charge is 0.311 e. The van der Waals surface area contributed by atoms with Crippen LogP contribution in [0.25, 0.3) is 0 Å². The fraction of sp³-hybridized carbons (Fsp3) is 0. The van der Waals surface area contributed by atoms with Crippen molar-refractivity contribution in [2.45, 2.75) is 0 Å². The average molecular weight is 545 g/mol. The summed E-state index contributed by atoms with van der Waals surface area (Å²) in [5.74, 6) is -1.08. The lowest BCUT2D eigenvalue weighted by Gasteiger charge is -2.25. The van der Waals surface area contributed by atoms with Gasteiger partial charge >= 0.3 is 0 Å². The molecular formula is C38H28N2O2. The number of rotatable bonds is 9. The van der Waals surface area contributed by atoms with E-state index in [2.05, 4.69) is 9.80 Å². The first kappa shape index (κ1) is 26.5. The zero-order chi connectivity index (χ0) is 28.7. The summed E-state index contributed by atoms with van der Waals surface area (Å²) in [7, 11) is 0. The SMILES string of the molecule is O=C(C(=O)c1ccc(N(c2ccccc2)c2ccccc2)cc1)c1ccc(N(c2ccccc2)c2ccccc2)cc1. The van der Waals surface area contributed by atoms with Gasteiger partial charge in [-0.2, -0.15) is 0 Å². The number of hydrogen-bond donors (Lipinski definition) is 0. The van der Waals surface area contributed by atoms with Gasteiger partial charge in [-0.25, -0.2) is 0 Å². The summed E-state index contributed by atoms with van der Waals surface area (Å²) in [6.07, 6.45) is 0. The van der Waals surface area contributed by atoms with Crippen molar-refractivity contribution in [3.63, 3.8) is 0 Å². The summed E-state index contributed by atoms with van der Waals surface area (Å²) < 4.78 is 0. The van der Waals surface area contributed by atoms with E-state index in [1.165, 1.54) is 0 Å². The van der Waals surface area contributed by atoms with E-state index in [0.717, 1.165) is 34.1 Å². The molecule has 4 heteroatoms. The van der Waals surface area contributed by atoms with E-state index in [0.29, 0.717) is 11.1 Å². The first-order valence-corrected chi connectivity index (χ1v) is 13.8. The molecule has 0 heterocycles. The maximum absolute atomic E-state index is 13.3. The molecule has 0 aliphatic rings. The van der Waals surface area contributed by atoms with Gasteiger partial charge in [0, 0.05) is 45.3 Å². The molecule has 0 aliphatic carbocycles. The van der Waals surface area contributed by atoms with Crippen molar-refractivity contribution in [3.05, 3.63) is 181 Å². The number of para-hydroxylation sites is 4. The van der Waals surface area contributed by atoms with Crippen LogP contribution in [0.15, 0.2) is 170 Å². The lowest BCUT2D eigenvalue weighted by atomic mass is 10.0. The van der Waals surface area contributed by atoms with E-state index < -0.39 is 11.6 Å². The number of carbonyl (C=O) groups is 2. The number of anilines is 6. The second-order valence-electron chi connectivity index (χ2n) is 9.77. The number of benzene rings is 6. The van der Waals surface area contributed by atoms with Gasteiger partial charge in [-0.15, -0.1) is 0 Å². The summed E-state index contributed by atoms with van der Waals surface area (Å²) in [6, 6.07) is 54.5. The Balaban J connectivity index is 1.24. The van der Waals surface area contributed by atoms with E-state index in [-0.39, 0.29) is 0 Å². The molecule has 0 aliphatic heterocycles. The lowest BCUT2D eigenvalue weighted by Crippen LogP contribution is -2.15. The lowest BCUT2D eigenvalue weighted by molar-refractivity contribution is 0.0817. The topological polar surface area (TPSA) is 40.6 Å². The highest BCUT2D eigenvalue weighted by atomic mass is 16.2. The minimum atomic E-state index is -0.539. The van der Waals surface area contributed by atoms with Crippen LogP contribution in [0.4, 0.5) is 34.1 Å². The van der Waals surface area contributed by atoms with Crippen molar-refractivity contribution in [3.8, 4) is 0 Å². The summed E-state index contributed by atoms with van der Waals surface area (Å²) in [4.78, 5) is 30.7. The molecule has 0 aromatic heterocycles. The molecule has 6 aromatic carbocycles. The van der Waals surface area contributed by atoms with Crippen molar-refractivity contribution in [2.24, 2.45) is 0 Å². The minimum absolute atomic E-state index is 0.351. The predicted octanol–water partition coefficient (Wildman–Crippen LogP) is 9.69. The van der Waals surface area contributed by atoms with E-state index in [1.807, 2.05) is 146 Å². The highest BCUT2D eigenvalue weighted by Crippen LogP contribution is 2.35.